The minimum atomic E-state index is -0.145. The molecule has 0 spiro atoms. The van der Waals surface area contributed by atoms with Crippen molar-refractivity contribution in [1.82, 2.24) is 15.5 Å². The monoisotopic (exact) mass is 378 g/mol. The fourth-order valence-corrected chi connectivity index (χ4v) is 4.00. The lowest BCUT2D eigenvalue weighted by Gasteiger charge is -2.48. The van der Waals surface area contributed by atoms with Gasteiger partial charge in [-0.05, 0) is 30.5 Å². The molecule has 0 radical (unpaired) electrons. The third-order valence-electron chi connectivity index (χ3n) is 5.67. The third-order valence-corrected chi connectivity index (χ3v) is 5.67. The van der Waals surface area contributed by atoms with E-state index in [1.807, 2.05) is 0 Å². The summed E-state index contributed by atoms with van der Waals surface area (Å²) in [5.41, 5.74) is 2.43. The van der Waals surface area contributed by atoms with Crippen LogP contribution in [0.1, 0.15) is 18.4 Å². The van der Waals surface area contributed by atoms with Crippen LogP contribution in [0.15, 0.2) is 24.3 Å². The summed E-state index contributed by atoms with van der Waals surface area (Å²) in [7, 11) is 0. The Bertz CT molecular complexity index is 639. The first-order valence-corrected chi connectivity index (χ1v) is 9.31. The van der Waals surface area contributed by atoms with Gasteiger partial charge in [0.2, 0.25) is 11.8 Å². The van der Waals surface area contributed by atoms with Crippen LogP contribution >= 0.6 is 12.4 Å². The van der Waals surface area contributed by atoms with Crippen LogP contribution in [-0.4, -0.2) is 62.0 Å². The Morgan fingerprint density at radius 1 is 1.04 bits per heavy atom. The second kappa shape index (κ2) is 8.37. The van der Waals surface area contributed by atoms with Crippen LogP contribution in [0.5, 0.6) is 0 Å². The molecular formula is C19H27ClN4O2. The summed E-state index contributed by atoms with van der Waals surface area (Å²) in [5, 5.41) is 5.84. The van der Waals surface area contributed by atoms with Gasteiger partial charge in [-0.15, -0.1) is 12.4 Å². The van der Waals surface area contributed by atoms with Crippen molar-refractivity contribution in [3.63, 3.8) is 0 Å². The summed E-state index contributed by atoms with van der Waals surface area (Å²) in [6, 6.07) is 9.25. The summed E-state index contributed by atoms with van der Waals surface area (Å²) in [6.07, 6.45) is 1.82. The van der Waals surface area contributed by atoms with Crippen molar-refractivity contribution in [2.45, 2.75) is 25.3 Å². The van der Waals surface area contributed by atoms with Gasteiger partial charge in [0.15, 0.2) is 0 Å². The maximum Gasteiger partial charge on any atom is 0.230 e. The quantitative estimate of drug-likeness (QED) is 0.759. The van der Waals surface area contributed by atoms with Crippen molar-refractivity contribution in [3.8, 4) is 0 Å². The molecule has 4 rings (SSSR count). The van der Waals surface area contributed by atoms with Crippen molar-refractivity contribution >= 4 is 29.9 Å². The molecule has 3 aliphatic rings. The first kappa shape index (κ1) is 19.1. The number of imide groups is 1. The van der Waals surface area contributed by atoms with Gasteiger partial charge in [0.05, 0.1) is 0 Å². The van der Waals surface area contributed by atoms with Crippen LogP contribution in [0, 0.1) is 5.92 Å². The Kier molecular flexibility index (Phi) is 6.16. The first-order valence-electron chi connectivity index (χ1n) is 9.31. The van der Waals surface area contributed by atoms with E-state index in [4.69, 9.17) is 0 Å². The zero-order chi connectivity index (χ0) is 17.2. The maximum atomic E-state index is 11.9. The zero-order valence-corrected chi connectivity index (χ0v) is 15.8. The number of hydrogen-bond donors (Lipinski definition) is 2. The predicted molar refractivity (Wildman–Crippen MR) is 104 cm³/mol. The molecule has 6 nitrogen and oxygen atoms in total. The van der Waals surface area contributed by atoms with Gasteiger partial charge < -0.3 is 10.2 Å². The lowest BCUT2D eigenvalue weighted by molar-refractivity contribution is -0.136. The van der Waals surface area contributed by atoms with Crippen LogP contribution in [-0.2, 0) is 16.0 Å². The Morgan fingerprint density at radius 3 is 2.38 bits per heavy atom. The topological polar surface area (TPSA) is 64.7 Å². The molecule has 3 aliphatic heterocycles. The summed E-state index contributed by atoms with van der Waals surface area (Å²) < 4.78 is 0. The predicted octanol–water partition coefficient (Wildman–Crippen LogP) is 0.798. The fourth-order valence-electron chi connectivity index (χ4n) is 4.00. The molecule has 0 bridgehead atoms. The SMILES string of the molecule is Cl.O=C1CCC(Cc2ccc(N3CC(N4CCNCC4)C3)cc2)C(=O)N1. The minimum Gasteiger partial charge on any atom is -0.368 e. The Balaban J connectivity index is 0.00000196. The lowest BCUT2D eigenvalue weighted by Crippen LogP contribution is -2.62. The van der Waals surface area contributed by atoms with Crippen LogP contribution < -0.4 is 15.5 Å². The number of halogens is 1. The number of rotatable bonds is 4. The molecule has 3 heterocycles. The van der Waals surface area contributed by atoms with Gasteiger partial charge >= 0.3 is 0 Å². The molecule has 1 aromatic carbocycles. The van der Waals surface area contributed by atoms with Crippen molar-refractivity contribution < 1.29 is 9.59 Å². The fraction of sp³-hybridized carbons (Fsp3) is 0.579. The standard InChI is InChI=1S/C19H26N4O2.ClH/c24-18-6-3-15(19(25)21-18)11-14-1-4-16(5-2-14)23-12-17(13-23)22-9-7-20-8-10-22;/h1-2,4-5,15,17,20H,3,6-13H2,(H,21,24,25);1H. The van der Waals surface area contributed by atoms with E-state index in [0.717, 1.165) is 44.8 Å². The molecule has 1 aromatic rings. The van der Waals surface area contributed by atoms with Gasteiger partial charge in [0.25, 0.3) is 0 Å². The smallest absolute Gasteiger partial charge is 0.230 e. The maximum absolute atomic E-state index is 11.9. The molecule has 2 amide bonds. The van der Waals surface area contributed by atoms with Crippen molar-refractivity contribution in [2.75, 3.05) is 44.2 Å². The number of carbonyl (C=O) groups is 2. The molecule has 26 heavy (non-hydrogen) atoms. The van der Waals surface area contributed by atoms with Crippen molar-refractivity contribution in [1.29, 1.82) is 0 Å². The van der Waals surface area contributed by atoms with Gasteiger partial charge in [-0.1, -0.05) is 12.1 Å². The number of nitrogens with zero attached hydrogens (tertiary/aromatic N) is 2. The summed E-state index contributed by atoms with van der Waals surface area (Å²) in [6.45, 7) is 6.73. The highest BCUT2D eigenvalue weighted by Crippen LogP contribution is 2.26. The first-order chi connectivity index (χ1) is 12.2. The summed E-state index contributed by atoms with van der Waals surface area (Å²) in [5.74, 6) is -0.347. The van der Waals surface area contributed by atoms with Gasteiger partial charge in [0.1, 0.15) is 0 Å². The normalized spacial score (nSPS) is 24.6. The van der Waals surface area contributed by atoms with E-state index in [1.54, 1.807) is 0 Å². The summed E-state index contributed by atoms with van der Waals surface area (Å²) in [4.78, 5) is 28.1. The molecule has 1 atom stereocenters. The number of carbonyl (C=O) groups excluding carboxylic acids is 2. The van der Waals surface area contributed by atoms with Crippen LogP contribution in [0.25, 0.3) is 0 Å². The number of anilines is 1. The zero-order valence-electron chi connectivity index (χ0n) is 14.9. The number of hydrogen-bond acceptors (Lipinski definition) is 5. The molecular weight excluding hydrogens is 352 g/mol. The van der Waals surface area contributed by atoms with Gasteiger partial charge in [-0.2, -0.15) is 0 Å². The van der Waals surface area contributed by atoms with E-state index in [-0.39, 0.29) is 30.1 Å². The van der Waals surface area contributed by atoms with Crippen molar-refractivity contribution in [2.24, 2.45) is 5.92 Å². The van der Waals surface area contributed by atoms with E-state index in [0.29, 0.717) is 25.3 Å². The van der Waals surface area contributed by atoms with E-state index >= 15 is 0 Å². The van der Waals surface area contributed by atoms with Gasteiger partial charge in [0, 0.05) is 63.3 Å². The number of benzene rings is 1. The Labute approximate surface area is 160 Å². The van der Waals surface area contributed by atoms with E-state index < -0.39 is 0 Å². The highest BCUT2D eigenvalue weighted by Gasteiger charge is 2.32. The van der Waals surface area contributed by atoms with E-state index in [2.05, 4.69) is 44.7 Å². The van der Waals surface area contributed by atoms with E-state index in [1.165, 1.54) is 5.69 Å². The molecule has 0 aliphatic carbocycles. The molecule has 1 unspecified atom stereocenters. The molecule has 2 N–H and O–H groups in total. The third kappa shape index (κ3) is 4.19. The molecule has 3 saturated heterocycles. The van der Waals surface area contributed by atoms with Gasteiger partial charge in [-0.25, -0.2) is 0 Å². The minimum absolute atomic E-state index is 0. The number of piperidine rings is 1. The molecule has 3 fully saturated rings. The molecule has 7 heteroatoms. The Morgan fingerprint density at radius 2 is 1.73 bits per heavy atom. The second-order valence-corrected chi connectivity index (χ2v) is 7.36. The number of amides is 2. The average Bonchev–Trinajstić information content (AvgIpc) is 2.58. The summed E-state index contributed by atoms with van der Waals surface area (Å²) >= 11 is 0. The largest absolute Gasteiger partial charge is 0.368 e. The second-order valence-electron chi connectivity index (χ2n) is 7.36. The van der Waals surface area contributed by atoms with Crippen molar-refractivity contribution in [3.05, 3.63) is 29.8 Å². The highest BCUT2D eigenvalue weighted by molar-refractivity contribution is 5.98. The molecule has 142 valence electrons. The molecule has 0 aromatic heterocycles. The van der Waals surface area contributed by atoms with E-state index in [9.17, 15) is 9.59 Å². The number of nitrogens with one attached hydrogen (secondary N) is 2. The highest BCUT2D eigenvalue weighted by atomic mass is 35.5. The van der Waals surface area contributed by atoms with Gasteiger partial charge in [-0.3, -0.25) is 19.8 Å². The van der Waals surface area contributed by atoms with Crippen LogP contribution in [0.4, 0.5) is 5.69 Å². The average molecular weight is 379 g/mol. The Hall–Kier alpha value is -1.63. The number of piperazine rings is 1. The van der Waals surface area contributed by atoms with Crippen LogP contribution in [0.3, 0.4) is 0 Å². The lowest BCUT2D eigenvalue weighted by atomic mass is 9.91. The van der Waals surface area contributed by atoms with Crippen LogP contribution in [0.2, 0.25) is 0 Å². The molecule has 0 saturated carbocycles.